The molecule has 0 saturated carbocycles. The van der Waals surface area contributed by atoms with Gasteiger partial charge in [0.2, 0.25) is 0 Å². The van der Waals surface area contributed by atoms with Crippen LogP contribution < -0.4 is 5.32 Å². The van der Waals surface area contributed by atoms with Crippen molar-refractivity contribution in [3.8, 4) is 0 Å². The first-order valence-corrected chi connectivity index (χ1v) is 5.55. The quantitative estimate of drug-likeness (QED) is 0.755. The van der Waals surface area contributed by atoms with Crippen LogP contribution >= 0.6 is 0 Å². The average molecular weight is 219 g/mol. The number of furan rings is 1. The van der Waals surface area contributed by atoms with E-state index in [2.05, 4.69) is 23.5 Å². The third-order valence-corrected chi connectivity index (χ3v) is 2.41. The second-order valence-electron chi connectivity index (χ2n) is 3.94. The maximum atomic E-state index is 4.99. The van der Waals surface area contributed by atoms with Gasteiger partial charge in [-0.3, -0.25) is 4.68 Å². The number of nitrogens with one attached hydrogen (secondary N) is 1. The highest BCUT2D eigenvalue weighted by Gasteiger charge is 1.95. The minimum absolute atomic E-state index is 0.870. The molecule has 16 heavy (non-hydrogen) atoms. The van der Waals surface area contributed by atoms with E-state index in [0.29, 0.717) is 0 Å². The van der Waals surface area contributed by atoms with E-state index in [0.717, 1.165) is 26.1 Å². The number of hydrogen-bond acceptors (Lipinski definition) is 3. The van der Waals surface area contributed by atoms with Gasteiger partial charge in [0.25, 0.3) is 0 Å². The molecule has 4 nitrogen and oxygen atoms in total. The Morgan fingerprint density at radius 2 is 2.44 bits per heavy atom. The van der Waals surface area contributed by atoms with Gasteiger partial charge in [-0.15, -0.1) is 0 Å². The second-order valence-corrected chi connectivity index (χ2v) is 3.94. The molecular weight excluding hydrogens is 202 g/mol. The fourth-order valence-electron chi connectivity index (χ4n) is 1.58. The van der Waals surface area contributed by atoms with Crippen LogP contribution in [0.15, 0.2) is 35.4 Å². The Balaban J connectivity index is 1.59. The van der Waals surface area contributed by atoms with Gasteiger partial charge in [0.1, 0.15) is 0 Å². The Kier molecular flexibility index (Phi) is 3.77. The zero-order valence-electron chi connectivity index (χ0n) is 9.52. The van der Waals surface area contributed by atoms with Gasteiger partial charge in [0, 0.05) is 24.8 Å². The molecule has 2 heterocycles. The third-order valence-electron chi connectivity index (χ3n) is 2.41. The lowest BCUT2D eigenvalue weighted by molar-refractivity contribution is 0.537. The van der Waals surface area contributed by atoms with Gasteiger partial charge >= 0.3 is 0 Å². The molecule has 4 heteroatoms. The Morgan fingerprint density at radius 3 is 3.12 bits per heavy atom. The second kappa shape index (κ2) is 5.51. The average Bonchev–Trinajstić information content (AvgIpc) is 2.89. The molecule has 0 spiro atoms. The molecule has 0 amide bonds. The first-order valence-electron chi connectivity index (χ1n) is 5.55. The minimum Gasteiger partial charge on any atom is -0.472 e. The van der Waals surface area contributed by atoms with E-state index < -0.39 is 0 Å². The maximum absolute atomic E-state index is 4.99. The number of aryl methyl sites for hydroxylation is 2. The van der Waals surface area contributed by atoms with Gasteiger partial charge in [-0.2, -0.15) is 5.10 Å². The molecule has 86 valence electrons. The van der Waals surface area contributed by atoms with Crippen LogP contribution in [0.2, 0.25) is 0 Å². The topological polar surface area (TPSA) is 43.0 Å². The third kappa shape index (κ3) is 3.24. The highest BCUT2D eigenvalue weighted by atomic mass is 16.3. The van der Waals surface area contributed by atoms with Crippen molar-refractivity contribution in [2.75, 3.05) is 6.54 Å². The molecule has 0 unspecified atom stereocenters. The lowest BCUT2D eigenvalue weighted by Crippen LogP contribution is -2.16. The van der Waals surface area contributed by atoms with E-state index >= 15 is 0 Å². The van der Waals surface area contributed by atoms with E-state index in [1.165, 1.54) is 11.1 Å². The molecule has 0 saturated heterocycles. The van der Waals surface area contributed by atoms with E-state index in [9.17, 15) is 0 Å². The standard InChI is InChI=1S/C12H17N3O/c1-11-7-14-15(9-11)5-2-4-13-8-12-3-6-16-10-12/h3,6-7,9-10,13H,2,4-5,8H2,1H3. The summed E-state index contributed by atoms with van der Waals surface area (Å²) in [6.45, 7) is 4.88. The lowest BCUT2D eigenvalue weighted by Gasteiger charge is -2.03. The van der Waals surface area contributed by atoms with Crippen molar-refractivity contribution >= 4 is 0 Å². The smallest absolute Gasteiger partial charge is 0.0947 e. The van der Waals surface area contributed by atoms with Crippen molar-refractivity contribution in [2.45, 2.75) is 26.4 Å². The molecular formula is C12H17N3O. The van der Waals surface area contributed by atoms with Gasteiger partial charge in [-0.25, -0.2) is 0 Å². The summed E-state index contributed by atoms with van der Waals surface area (Å²) in [4.78, 5) is 0. The largest absolute Gasteiger partial charge is 0.472 e. The minimum atomic E-state index is 0.870. The highest BCUT2D eigenvalue weighted by molar-refractivity contribution is 5.04. The fourth-order valence-corrected chi connectivity index (χ4v) is 1.58. The number of aromatic nitrogens is 2. The van der Waals surface area contributed by atoms with Crippen LogP contribution in [0.3, 0.4) is 0 Å². The van der Waals surface area contributed by atoms with Gasteiger partial charge in [-0.05, 0) is 31.5 Å². The Bertz CT molecular complexity index is 406. The summed E-state index contributed by atoms with van der Waals surface area (Å²) in [6, 6.07) is 1.98. The Labute approximate surface area is 95.3 Å². The van der Waals surface area contributed by atoms with Crippen molar-refractivity contribution in [2.24, 2.45) is 0 Å². The molecule has 1 N–H and O–H groups in total. The predicted octanol–water partition coefficient (Wildman–Crippen LogP) is 1.96. The van der Waals surface area contributed by atoms with Crippen molar-refractivity contribution in [1.82, 2.24) is 15.1 Å². The van der Waals surface area contributed by atoms with Crippen LogP contribution in [-0.4, -0.2) is 16.3 Å². The van der Waals surface area contributed by atoms with Gasteiger partial charge in [0.05, 0.1) is 18.7 Å². The van der Waals surface area contributed by atoms with E-state index in [1.807, 2.05) is 16.9 Å². The zero-order chi connectivity index (χ0) is 11.2. The fraction of sp³-hybridized carbons (Fsp3) is 0.417. The molecule has 0 radical (unpaired) electrons. The normalized spacial score (nSPS) is 10.8. The van der Waals surface area contributed by atoms with Gasteiger partial charge < -0.3 is 9.73 Å². The summed E-state index contributed by atoms with van der Waals surface area (Å²) in [6.07, 6.45) is 8.50. The van der Waals surface area contributed by atoms with Crippen LogP contribution in [0.5, 0.6) is 0 Å². The summed E-state index contributed by atoms with van der Waals surface area (Å²) in [5.74, 6) is 0. The molecule has 0 bridgehead atoms. The monoisotopic (exact) mass is 219 g/mol. The molecule has 2 aromatic heterocycles. The van der Waals surface area contributed by atoms with Crippen LogP contribution in [-0.2, 0) is 13.1 Å². The molecule has 2 rings (SSSR count). The first-order chi connectivity index (χ1) is 7.84. The van der Waals surface area contributed by atoms with Crippen LogP contribution in [0.1, 0.15) is 17.5 Å². The molecule has 2 aromatic rings. The summed E-state index contributed by atoms with van der Waals surface area (Å²) in [5.41, 5.74) is 2.40. The van der Waals surface area contributed by atoms with Crippen molar-refractivity contribution in [3.63, 3.8) is 0 Å². The summed E-state index contributed by atoms with van der Waals surface area (Å²) in [7, 11) is 0. The van der Waals surface area contributed by atoms with E-state index in [-0.39, 0.29) is 0 Å². The lowest BCUT2D eigenvalue weighted by atomic mass is 10.3. The maximum Gasteiger partial charge on any atom is 0.0947 e. The summed E-state index contributed by atoms with van der Waals surface area (Å²) in [5, 5.41) is 7.60. The van der Waals surface area contributed by atoms with Crippen LogP contribution in [0, 0.1) is 6.92 Å². The van der Waals surface area contributed by atoms with E-state index in [4.69, 9.17) is 4.42 Å². The molecule has 0 aliphatic carbocycles. The SMILES string of the molecule is Cc1cnn(CCCNCc2ccoc2)c1. The Morgan fingerprint density at radius 1 is 1.50 bits per heavy atom. The van der Waals surface area contributed by atoms with Crippen molar-refractivity contribution in [3.05, 3.63) is 42.1 Å². The first kappa shape index (κ1) is 11.0. The molecule has 0 fully saturated rings. The molecule has 0 aromatic carbocycles. The van der Waals surface area contributed by atoms with Crippen LogP contribution in [0.4, 0.5) is 0 Å². The highest BCUT2D eigenvalue weighted by Crippen LogP contribution is 1.99. The summed E-state index contributed by atoms with van der Waals surface area (Å²) >= 11 is 0. The number of hydrogen-bond donors (Lipinski definition) is 1. The Hall–Kier alpha value is -1.55. The van der Waals surface area contributed by atoms with E-state index in [1.54, 1.807) is 12.5 Å². The van der Waals surface area contributed by atoms with Crippen LogP contribution in [0.25, 0.3) is 0 Å². The molecule has 0 aliphatic heterocycles. The number of rotatable bonds is 6. The molecule has 0 atom stereocenters. The predicted molar refractivity (Wildman–Crippen MR) is 62.0 cm³/mol. The van der Waals surface area contributed by atoms with Gasteiger partial charge in [0.15, 0.2) is 0 Å². The summed E-state index contributed by atoms with van der Waals surface area (Å²) < 4.78 is 6.97. The van der Waals surface area contributed by atoms with Crippen molar-refractivity contribution in [1.29, 1.82) is 0 Å². The number of nitrogens with zero attached hydrogens (tertiary/aromatic N) is 2. The molecule has 0 aliphatic rings. The van der Waals surface area contributed by atoms with Crippen molar-refractivity contribution < 1.29 is 4.42 Å². The van der Waals surface area contributed by atoms with Gasteiger partial charge in [-0.1, -0.05) is 0 Å². The zero-order valence-corrected chi connectivity index (χ0v) is 9.52.